The Morgan fingerprint density at radius 3 is 2.59 bits per heavy atom. The minimum absolute atomic E-state index is 0.0602. The van der Waals surface area contributed by atoms with Crippen molar-refractivity contribution >= 4 is 40.5 Å². The lowest BCUT2D eigenvalue weighted by Gasteiger charge is -2.18. The van der Waals surface area contributed by atoms with Gasteiger partial charge in [-0.05, 0) is 36.8 Å². The van der Waals surface area contributed by atoms with Crippen molar-refractivity contribution in [3.8, 4) is 0 Å². The molecule has 0 aromatic heterocycles. The van der Waals surface area contributed by atoms with Gasteiger partial charge in [-0.15, -0.1) is 0 Å². The second kappa shape index (κ2) is 7.49. The van der Waals surface area contributed by atoms with Gasteiger partial charge in [-0.25, -0.2) is 0 Å². The highest BCUT2D eigenvalue weighted by atomic mass is 35.5. The Balaban J connectivity index is 2.14. The zero-order chi connectivity index (χ0) is 16.1. The van der Waals surface area contributed by atoms with Gasteiger partial charge in [-0.2, -0.15) is 0 Å². The molecule has 6 heteroatoms. The molecule has 2 rings (SSSR count). The molecule has 22 heavy (non-hydrogen) atoms. The molecule has 0 aliphatic heterocycles. The number of aliphatic hydroxyl groups excluding tert-OH is 1. The maximum Gasteiger partial charge on any atom is 0.250 e. The summed E-state index contributed by atoms with van der Waals surface area (Å²) >= 11 is 12.2. The minimum atomic E-state index is -0.549. The Labute approximate surface area is 139 Å². The van der Waals surface area contributed by atoms with E-state index < -0.39 is 12.5 Å². The molecular weight excluding hydrogens is 323 g/mol. The number of aliphatic hydroxyl groups is 1. The molecule has 4 nitrogen and oxygen atoms in total. The van der Waals surface area contributed by atoms with Crippen molar-refractivity contribution in [3.63, 3.8) is 0 Å². The number of hydrogen-bond acceptors (Lipinski definition) is 3. The summed E-state index contributed by atoms with van der Waals surface area (Å²) in [5, 5.41) is 15.7. The highest BCUT2D eigenvalue weighted by Crippen LogP contribution is 2.31. The van der Waals surface area contributed by atoms with E-state index in [4.69, 9.17) is 28.3 Å². The summed E-state index contributed by atoms with van der Waals surface area (Å²) < 4.78 is 0. The third-order valence-electron chi connectivity index (χ3n) is 3.12. The van der Waals surface area contributed by atoms with Crippen LogP contribution < -0.4 is 10.6 Å². The predicted molar refractivity (Wildman–Crippen MR) is 90.7 cm³/mol. The van der Waals surface area contributed by atoms with E-state index in [2.05, 4.69) is 10.6 Å². The summed E-state index contributed by atoms with van der Waals surface area (Å²) in [5.41, 5.74) is 2.31. The van der Waals surface area contributed by atoms with E-state index in [1.54, 1.807) is 18.2 Å². The molecule has 0 bridgehead atoms. The summed E-state index contributed by atoms with van der Waals surface area (Å²) in [4.78, 5) is 11.2. The quantitative estimate of drug-likeness (QED) is 0.769. The van der Waals surface area contributed by atoms with Crippen LogP contribution in [-0.4, -0.2) is 17.6 Å². The maximum atomic E-state index is 11.2. The zero-order valence-electron chi connectivity index (χ0n) is 11.9. The Morgan fingerprint density at radius 1 is 1.18 bits per heavy atom. The molecule has 116 valence electrons. The molecule has 0 saturated heterocycles. The number of carbonyl (C=O) groups is 1. The van der Waals surface area contributed by atoms with Crippen molar-refractivity contribution in [1.82, 2.24) is 0 Å². The van der Waals surface area contributed by atoms with Gasteiger partial charge in [0.25, 0.3) is 0 Å². The zero-order valence-corrected chi connectivity index (χ0v) is 13.4. The monoisotopic (exact) mass is 338 g/mol. The Hall–Kier alpha value is -1.75. The van der Waals surface area contributed by atoms with Crippen LogP contribution >= 0.6 is 23.2 Å². The number of hydrogen-bond donors (Lipinski definition) is 3. The normalized spacial score (nSPS) is 11.8. The molecule has 1 amide bonds. The fourth-order valence-corrected chi connectivity index (χ4v) is 2.54. The number of amides is 1. The van der Waals surface area contributed by atoms with E-state index >= 15 is 0 Å². The predicted octanol–water partition coefficient (Wildman–Crippen LogP) is 4.10. The first kappa shape index (κ1) is 16.6. The lowest BCUT2D eigenvalue weighted by molar-refractivity contribution is -0.118. The standard InChI is InChI=1S/C16H16Cl2N2O2/c1-10(13-6-3-7-14(17)16(13)18)19-11-4-2-5-12(8-11)20-15(22)9-21/h2-8,10,19,21H,9H2,1H3,(H,20,22). The number of rotatable bonds is 5. The average Bonchev–Trinajstić information content (AvgIpc) is 2.50. The van der Waals surface area contributed by atoms with Crippen LogP contribution in [0, 0.1) is 0 Å². The van der Waals surface area contributed by atoms with Crippen molar-refractivity contribution in [2.24, 2.45) is 0 Å². The summed E-state index contributed by atoms with van der Waals surface area (Å²) in [5.74, 6) is -0.455. The lowest BCUT2D eigenvalue weighted by atomic mass is 10.1. The Bertz CT molecular complexity index is 677. The number of halogens is 2. The van der Waals surface area contributed by atoms with Gasteiger partial charge in [0.2, 0.25) is 5.91 Å². The molecule has 0 heterocycles. The SMILES string of the molecule is CC(Nc1cccc(NC(=O)CO)c1)c1cccc(Cl)c1Cl. The van der Waals surface area contributed by atoms with Crippen LogP contribution in [0.25, 0.3) is 0 Å². The van der Waals surface area contributed by atoms with Crippen LogP contribution in [-0.2, 0) is 4.79 Å². The Kier molecular flexibility index (Phi) is 5.66. The van der Waals surface area contributed by atoms with Gasteiger partial charge in [-0.3, -0.25) is 4.79 Å². The van der Waals surface area contributed by atoms with Crippen molar-refractivity contribution < 1.29 is 9.90 Å². The van der Waals surface area contributed by atoms with Gasteiger partial charge in [0, 0.05) is 11.4 Å². The average molecular weight is 339 g/mol. The molecule has 0 spiro atoms. The van der Waals surface area contributed by atoms with E-state index in [9.17, 15) is 4.79 Å². The van der Waals surface area contributed by atoms with Gasteiger partial charge in [0.1, 0.15) is 6.61 Å². The van der Waals surface area contributed by atoms with Gasteiger partial charge >= 0.3 is 0 Å². The number of carbonyl (C=O) groups excluding carboxylic acids is 1. The molecule has 0 radical (unpaired) electrons. The summed E-state index contributed by atoms with van der Waals surface area (Å²) in [6.45, 7) is 1.42. The third kappa shape index (κ3) is 4.13. The summed E-state index contributed by atoms with van der Waals surface area (Å²) in [7, 11) is 0. The first-order valence-corrected chi connectivity index (χ1v) is 7.48. The molecule has 0 aliphatic carbocycles. The van der Waals surface area contributed by atoms with E-state index in [-0.39, 0.29) is 6.04 Å². The maximum absolute atomic E-state index is 11.2. The molecule has 0 aliphatic rings. The summed E-state index contributed by atoms with van der Waals surface area (Å²) in [6, 6.07) is 12.6. The largest absolute Gasteiger partial charge is 0.387 e. The van der Waals surface area contributed by atoms with Crippen LogP contribution in [0.2, 0.25) is 10.0 Å². The fraction of sp³-hybridized carbons (Fsp3) is 0.188. The highest BCUT2D eigenvalue weighted by molar-refractivity contribution is 6.42. The summed E-state index contributed by atoms with van der Waals surface area (Å²) in [6.07, 6.45) is 0. The van der Waals surface area contributed by atoms with E-state index in [0.29, 0.717) is 15.7 Å². The topological polar surface area (TPSA) is 61.4 Å². The molecular formula is C16H16Cl2N2O2. The number of nitrogens with one attached hydrogen (secondary N) is 2. The molecule has 3 N–H and O–H groups in total. The van der Waals surface area contributed by atoms with E-state index in [0.717, 1.165) is 11.3 Å². The molecule has 1 atom stereocenters. The van der Waals surface area contributed by atoms with Gasteiger partial charge in [-0.1, -0.05) is 41.4 Å². The van der Waals surface area contributed by atoms with Crippen LogP contribution in [0.1, 0.15) is 18.5 Å². The molecule has 0 fully saturated rings. The minimum Gasteiger partial charge on any atom is -0.387 e. The van der Waals surface area contributed by atoms with Gasteiger partial charge in [0.05, 0.1) is 16.1 Å². The second-order valence-corrected chi connectivity index (χ2v) is 5.58. The van der Waals surface area contributed by atoms with Crippen molar-refractivity contribution in [2.75, 3.05) is 17.2 Å². The first-order chi connectivity index (χ1) is 10.5. The third-order valence-corrected chi connectivity index (χ3v) is 3.95. The molecule has 2 aromatic rings. The number of anilines is 2. The van der Waals surface area contributed by atoms with Crippen LogP contribution in [0.3, 0.4) is 0 Å². The number of benzene rings is 2. The Morgan fingerprint density at radius 2 is 1.86 bits per heavy atom. The smallest absolute Gasteiger partial charge is 0.250 e. The van der Waals surface area contributed by atoms with Crippen LogP contribution in [0.4, 0.5) is 11.4 Å². The van der Waals surface area contributed by atoms with Gasteiger partial charge in [0.15, 0.2) is 0 Å². The molecule has 2 aromatic carbocycles. The van der Waals surface area contributed by atoms with E-state index in [1.807, 2.05) is 31.2 Å². The highest BCUT2D eigenvalue weighted by Gasteiger charge is 2.12. The van der Waals surface area contributed by atoms with Gasteiger partial charge < -0.3 is 15.7 Å². The van der Waals surface area contributed by atoms with Crippen LogP contribution in [0.5, 0.6) is 0 Å². The van der Waals surface area contributed by atoms with Crippen molar-refractivity contribution in [2.45, 2.75) is 13.0 Å². The molecule has 1 unspecified atom stereocenters. The van der Waals surface area contributed by atoms with Crippen molar-refractivity contribution in [1.29, 1.82) is 0 Å². The fourth-order valence-electron chi connectivity index (χ4n) is 2.07. The van der Waals surface area contributed by atoms with E-state index in [1.165, 1.54) is 0 Å². The molecule has 0 saturated carbocycles. The first-order valence-electron chi connectivity index (χ1n) is 6.72. The second-order valence-electron chi connectivity index (χ2n) is 4.80. The van der Waals surface area contributed by atoms with Crippen molar-refractivity contribution in [3.05, 3.63) is 58.1 Å². The lowest BCUT2D eigenvalue weighted by Crippen LogP contribution is -2.15. The van der Waals surface area contributed by atoms with Crippen LogP contribution in [0.15, 0.2) is 42.5 Å².